The number of pyridine rings is 1. The SMILES string of the molecule is CCN(Cc1ccccn1)C(=O)[C@@H](C)N.Cl.Cl. The Labute approximate surface area is 114 Å². The lowest BCUT2D eigenvalue weighted by Crippen LogP contribution is -2.41. The highest BCUT2D eigenvalue weighted by Crippen LogP contribution is 2.02. The van der Waals surface area contributed by atoms with Crippen molar-refractivity contribution >= 4 is 30.7 Å². The largest absolute Gasteiger partial charge is 0.336 e. The van der Waals surface area contributed by atoms with Crippen LogP contribution in [0.1, 0.15) is 19.5 Å². The highest BCUT2D eigenvalue weighted by molar-refractivity contribution is 5.85. The molecule has 0 aromatic carbocycles. The van der Waals surface area contributed by atoms with E-state index >= 15 is 0 Å². The van der Waals surface area contributed by atoms with Crippen LogP contribution < -0.4 is 5.73 Å². The number of hydrogen-bond acceptors (Lipinski definition) is 3. The molecule has 0 bridgehead atoms. The molecule has 0 spiro atoms. The molecule has 0 fully saturated rings. The Balaban J connectivity index is 0. The predicted octanol–water partition coefficient (Wildman–Crippen LogP) is 1.62. The van der Waals surface area contributed by atoms with E-state index in [1.165, 1.54) is 0 Å². The van der Waals surface area contributed by atoms with Gasteiger partial charge in [0, 0.05) is 12.7 Å². The first-order chi connectivity index (χ1) is 7.15. The van der Waals surface area contributed by atoms with Crippen LogP contribution in [0.5, 0.6) is 0 Å². The normalized spacial score (nSPS) is 10.8. The number of hydrogen-bond donors (Lipinski definition) is 1. The Hall–Kier alpha value is -0.840. The molecule has 0 aliphatic carbocycles. The summed E-state index contributed by atoms with van der Waals surface area (Å²) in [6.07, 6.45) is 1.72. The summed E-state index contributed by atoms with van der Waals surface area (Å²) >= 11 is 0. The number of carbonyl (C=O) groups excluding carboxylic acids is 1. The summed E-state index contributed by atoms with van der Waals surface area (Å²) in [5, 5.41) is 0. The molecule has 0 saturated heterocycles. The van der Waals surface area contributed by atoms with E-state index in [9.17, 15) is 4.79 Å². The van der Waals surface area contributed by atoms with Crippen molar-refractivity contribution in [1.82, 2.24) is 9.88 Å². The fraction of sp³-hybridized carbons (Fsp3) is 0.455. The van der Waals surface area contributed by atoms with Gasteiger partial charge in [0.05, 0.1) is 18.3 Å². The van der Waals surface area contributed by atoms with Gasteiger partial charge in [-0.15, -0.1) is 24.8 Å². The zero-order valence-electron chi connectivity index (χ0n) is 10.00. The molecule has 98 valence electrons. The summed E-state index contributed by atoms with van der Waals surface area (Å²) in [5.74, 6) is -0.0387. The third-order valence-corrected chi connectivity index (χ3v) is 2.16. The molecule has 1 heterocycles. The molecule has 1 atom stereocenters. The van der Waals surface area contributed by atoms with Gasteiger partial charge in [0.15, 0.2) is 0 Å². The van der Waals surface area contributed by atoms with Crippen molar-refractivity contribution in [2.24, 2.45) is 5.73 Å². The Morgan fingerprint density at radius 3 is 2.53 bits per heavy atom. The van der Waals surface area contributed by atoms with Gasteiger partial charge in [0.1, 0.15) is 0 Å². The average Bonchev–Trinajstić information content (AvgIpc) is 2.26. The van der Waals surface area contributed by atoms with E-state index in [0.29, 0.717) is 13.1 Å². The van der Waals surface area contributed by atoms with Gasteiger partial charge in [0.25, 0.3) is 0 Å². The van der Waals surface area contributed by atoms with Crippen LogP contribution in [0, 0.1) is 0 Å². The smallest absolute Gasteiger partial charge is 0.239 e. The van der Waals surface area contributed by atoms with Crippen LogP contribution in [0.2, 0.25) is 0 Å². The first-order valence-electron chi connectivity index (χ1n) is 5.09. The molecule has 6 heteroatoms. The number of nitrogens with zero attached hydrogens (tertiary/aromatic N) is 2. The lowest BCUT2D eigenvalue weighted by molar-refractivity contribution is -0.132. The number of amides is 1. The third-order valence-electron chi connectivity index (χ3n) is 2.16. The lowest BCUT2D eigenvalue weighted by Gasteiger charge is -2.22. The molecule has 0 unspecified atom stereocenters. The average molecular weight is 280 g/mol. The van der Waals surface area contributed by atoms with Gasteiger partial charge in [-0.2, -0.15) is 0 Å². The summed E-state index contributed by atoms with van der Waals surface area (Å²) in [7, 11) is 0. The van der Waals surface area contributed by atoms with Crippen molar-refractivity contribution in [3.8, 4) is 0 Å². The van der Waals surface area contributed by atoms with Crippen LogP contribution in [0.4, 0.5) is 0 Å². The van der Waals surface area contributed by atoms with Crippen molar-refractivity contribution in [2.75, 3.05) is 6.54 Å². The van der Waals surface area contributed by atoms with E-state index in [0.717, 1.165) is 5.69 Å². The van der Waals surface area contributed by atoms with Crippen LogP contribution in [-0.2, 0) is 11.3 Å². The quantitative estimate of drug-likeness (QED) is 0.911. The lowest BCUT2D eigenvalue weighted by atomic mass is 10.2. The Morgan fingerprint density at radius 1 is 1.47 bits per heavy atom. The van der Waals surface area contributed by atoms with Gasteiger partial charge < -0.3 is 10.6 Å². The molecule has 0 saturated carbocycles. The van der Waals surface area contributed by atoms with Crippen molar-refractivity contribution in [3.05, 3.63) is 30.1 Å². The summed E-state index contributed by atoms with van der Waals surface area (Å²) in [4.78, 5) is 17.5. The van der Waals surface area contributed by atoms with Crippen molar-refractivity contribution in [2.45, 2.75) is 26.4 Å². The number of nitrogens with two attached hydrogens (primary N) is 1. The molecular weight excluding hydrogens is 261 g/mol. The maximum atomic E-state index is 11.7. The van der Waals surface area contributed by atoms with Crippen LogP contribution in [0.15, 0.2) is 24.4 Å². The van der Waals surface area contributed by atoms with E-state index in [-0.39, 0.29) is 30.7 Å². The number of halogens is 2. The molecule has 1 amide bonds. The summed E-state index contributed by atoms with van der Waals surface area (Å²) in [5.41, 5.74) is 6.44. The van der Waals surface area contributed by atoms with E-state index in [1.807, 2.05) is 25.1 Å². The first-order valence-corrected chi connectivity index (χ1v) is 5.09. The molecule has 0 aliphatic heterocycles. The maximum Gasteiger partial charge on any atom is 0.239 e. The molecule has 1 aromatic heterocycles. The Bertz CT molecular complexity index is 320. The Morgan fingerprint density at radius 2 is 2.12 bits per heavy atom. The van der Waals surface area contributed by atoms with Crippen LogP contribution in [0.3, 0.4) is 0 Å². The van der Waals surface area contributed by atoms with E-state index in [1.54, 1.807) is 18.0 Å². The number of rotatable bonds is 4. The zero-order valence-corrected chi connectivity index (χ0v) is 11.6. The Kier molecular flexibility index (Phi) is 10.0. The molecular formula is C11H19Cl2N3O. The second-order valence-electron chi connectivity index (χ2n) is 3.46. The van der Waals surface area contributed by atoms with Crippen molar-refractivity contribution in [1.29, 1.82) is 0 Å². The second kappa shape index (κ2) is 9.22. The third kappa shape index (κ3) is 5.86. The number of likely N-dealkylation sites (N-methyl/N-ethyl adjacent to an activating group) is 1. The van der Waals surface area contributed by atoms with E-state index in [2.05, 4.69) is 4.98 Å². The van der Waals surface area contributed by atoms with Crippen LogP contribution in [0.25, 0.3) is 0 Å². The first kappa shape index (κ1) is 18.5. The topological polar surface area (TPSA) is 59.2 Å². The zero-order chi connectivity index (χ0) is 11.3. The summed E-state index contributed by atoms with van der Waals surface area (Å²) < 4.78 is 0. The monoisotopic (exact) mass is 279 g/mol. The standard InChI is InChI=1S/C11H17N3O.2ClH/c1-3-14(11(15)9(2)12)8-10-6-4-5-7-13-10;;/h4-7,9H,3,8,12H2,1-2H3;2*1H/t9-;;/m1../s1. The van der Waals surface area contributed by atoms with Crippen molar-refractivity contribution in [3.63, 3.8) is 0 Å². The maximum absolute atomic E-state index is 11.7. The highest BCUT2D eigenvalue weighted by atomic mass is 35.5. The van der Waals surface area contributed by atoms with Crippen LogP contribution >= 0.6 is 24.8 Å². The molecule has 4 nitrogen and oxygen atoms in total. The fourth-order valence-corrected chi connectivity index (χ4v) is 1.32. The van der Waals surface area contributed by atoms with E-state index < -0.39 is 6.04 Å². The molecule has 17 heavy (non-hydrogen) atoms. The van der Waals surface area contributed by atoms with Gasteiger partial charge in [-0.05, 0) is 26.0 Å². The minimum atomic E-state index is -0.450. The van der Waals surface area contributed by atoms with Gasteiger partial charge in [0.2, 0.25) is 5.91 Å². The molecule has 1 aromatic rings. The summed E-state index contributed by atoms with van der Waals surface area (Å²) in [6.45, 7) is 4.81. The predicted molar refractivity (Wildman–Crippen MR) is 73.5 cm³/mol. The van der Waals surface area contributed by atoms with E-state index in [4.69, 9.17) is 5.73 Å². The van der Waals surface area contributed by atoms with Gasteiger partial charge in [-0.1, -0.05) is 6.07 Å². The second-order valence-corrected chi connectivity index (χ2v) is 3.46. The van der Waals surface area contributed by atoms with Gasteiger partial charge >= 0.3 is 0 Å². The highest BCUT2D eigenvalue weighted by Gasteiger charge is 2.15. The fourth-order valence-electron chi connectivity index (χ4n) is 1.32. The van der Waals surface area contributed by atoms with Gasteiger partial charge in [-0.3, -0.25) is 9.78 Å². The molecule has 1 rings (SSSR count). The van der Waals surface area contributed by atoms with Crippen LogP contribution in [-0.4, -0.2) is 28.4 Å². The minimum absolute atomic E-state index is 0. The number of aromatic nitrogens is 1. The van der Waals surface area contributed by atoms with Gasteiger partial charge in [-0.25, -0.2) is 0 Å². The molecule has 2 N–H and O–H groups in total. The minimum Gasteiger partial charge on any atom is -0.336 e. The molecule has 0 radical (unpaired) electrons. The van der Waals surface area contributed by atoms with Crippen molar-refractivity contribution < 1.29 is 4.79 Å². The molecule has 0 aliphatic rings. The summed E-state index contributed by atoms with van der Waals surface area (Å²) in [6, 6.07) is 5.21. The number of carbonyl (C=O) groups is 1.